The average Bonchev–Trinajstić information content (AvgIpc) is 3.10. The fraction of sp³-hybridized carbons (Fsp3) is 0.364. The molecule has 124 valence electrons. The van der Waals surface area contributed by atoms with E-state index in [1.54, 1.807) is 23.8 Å². The molecule has 2 aromatic rings. The van der Waals surface area contributed by atoms with E-state index in [1.807, 2.05) is 0 Å². The third-order valence-electron chi connectivity index (χ3n) is 3.06. The number of anilines is 2. The number of fused-ring (bicyclic) bond motifs is 1. The standard InChI is InChI=1S/C11H15N6O5P/c1-13-11-15-9(12)8-10(16-11)17(4-14-8)6-2-3-7(22-6)21-5-23(18,19)20/h2-4,6-7H,5H2,1H3,(H2,18,19,20)(H3,12,13,15,16)/t6-,7+/m1/s1. The summed E-state index contributed by atoms with van der Waals surface area (Å²) < 4.78 is 23.0. The van der Waals surface area contributed by atoms with E-state index in [0.717, 1.165) is 0 Å². The maximum absolute atomic E-state index is 10.8. The lowest BCUT2D eigenvalue weighted by atomic mass is 10.4. The fourth-order valence-corrected chi connectivity index (χ4v) is 2.42. The van der Waals surface area contributed by atoms with Crippen molar-refractivity contribution in [3.63, 3.8) is 0 Å². The number of hydrogen-bond donors (Lipinski definition) is 4. The van der Waals surface area contributed by atoms with E-state index >= 15 is 0 Å². The largest absolute Gasteiger partial charge is 0.382 e. The molecule has 0 radical (unpaired) electrons. The monoisotopic (exact) mass is 342 g/mol. The topological polar surface area (TPSA) is 158 Å². The van der Waals surface area contributed by atoms with Gasteiger partial charge in [-0.1, -0.05) is 0 Å². The third kappa shape index (κ3) is 3.33. The molecule has 5 N–H and O–H groups in total. The van der Waals surface area contributed by atoms with E-state index in [0.29, 0.717) is 17.1 Å². The number of imidazole rings is 1. The first-order valence-electron chi connectivity index (χ1n) is 6.55. The third-order valence-corrected chi connectivity index (χ3v) is 3.54. The number of rotatable bonds is 5. The number of hydrogen-bond acceptors (Lipinski definition) is 8. The quantitative estimate of drug-likeness (QED) is 0.431. The molecule has 0 aromatic carbocycles. The van der Waals surface area contributed by atoms with Crippen molar-refractivity contribution in [3.05, 3.63) is 18.5 Å². The van der Waals surface area contributed by atoms with Crippen molar-refractivity contribution in [2.24, 2.45) is 0 Å². The Hall–Kier alpha value is -2.04. The predicted octanol–water partition coefficient (Wildman–Crippen LogP) is 0.0131. The molecular weight excluding hydrogens is 327 g/mol. The van der Waals surface area contributed by atoms with Gasteiger partial charge in [0.1, 0.15) is 5.52 Å². The Balaban J connectivity index is 1.81. The van der Waals surface area contributed by atoms with Gasteiger partial charge >= 0.3 is 7.60 Å². The van der Waals surface area contributed by atoms with Gasteiger partial charge in [0.05, 0.1) is 6.33 Å². The predicted molar refractivity (Wildman–Crippen MR) is 80.3 cm³/mol. The van der Waals surface area contributed by atoms with E-state index in [9.17, 15) is 4.57 Å². The highest BCUT2D eigenvalue weighted by molar-refractivity contribution is 7.51. The molecule has 0 spiro atoms. The van der Waals surface area contributed by atoms with Crippen LogP contribution in [-0.4, -0.2) is 49.0 Å². The first-order valence-corrected chi connectivity index (χ1v) is 8.35. The van der Waals surface area contributed by atoms with E-state index in [1.165, 1.54) is 6.33 Å². The van der Waals surface area contributed by atoms with Crippen LogP contribution in [0.25, 0.3) is 11.2 Å². The molecule has 1 aliphatic rings. The molecule has 0 unspecified atom stereocenters. The molecule has 0 saturated carbocycles. The highest BCUT2D eigenvalue weighted by Gasteiger charge is 2.26. The van der Waals surface area contributed by atoms with Crippen LogP contribution in [0.15, 0.2) is 18.5 Å². The molecule has 0 saturated heterocycles. The van der Waals surface area contributed by atoms with Crippen molar-refractivity contribution in [2.75, 3.05) is 24.4 Å². The maximum Gasteiger partial charge on any atom is 0.351 e. The first kappa shape index (κ1) is 15.8. The van der Waals surface area contributed by atoms with Crippen LogP contribution < -0.4 is 11.1 Å². The molecule has 23 heavy (non-hydrogen) atoms. The van der Waals surface area contributed by atoms with Crippen LogP contribution in [0.5, 0.6) is 0 Å². The summed E-state index contributed by atoms with van der Waals surface area (Å²) in [7, 11) is -2.59. The molecule has 0 amide bonds. The molecule has 3 rings (SSSR count). The normalized spacial score (nSPS) is 21.2. The van der Waals surface area contributed by atoms with E-state index < -0.39 is 26.5 Å². The summed E-state index contributed by atoms with van der Waals surface area (Å²) in [6.45, 7) is 0. The Morgan fingerprint density at radius 2 is 2.26 bits per heavy atom. The van der Waals surface area contributed by atoms with E-state index in [4.69, 9.17) is 25.0 Å². The lowest BCUT2D eigenvalue weighted by Gasteiger charge is -2.16. The van der Waals surface area contributed by atoms with Crippen LogP contribution in [0.2, 0.25) is 0 Å². The Morgan fingerprint density at radius 3 is 2.96 bits per heavy atom. The first-order chi connectivity index (χ1) is 10.9. The minimum atomic E-state index is -4.26. The molecule has 1 aliphatic heterocycles. The molecular formula is C11H15N6O5P. The SMILES string of the molecule is CNc1nc(N)c2ncn([C@H]3C=C[C@@H](OCP(=O)(O)O)O3)c2n1. The van der Waals surface area contributed by atoms with Crippen LogP contribution in [0, 0.1) is 0 Å². The molecule has 2 aromatic heterocycles. The van der Waals surface area contributed by atoms with Crippen molar-refractivity contribution in [3.8, 4) is 0 Å². The molecule has 2 atom stereocenters. The zero-order chi connectivity index (χ0) is 16.6. The van der Waals surface area contributed by atoms with Gasteiger partial charge in [-0.2, -0.15) is 9.97 Å². The second-order valence-corrected chi connectivity index (χ2v) is 6.33. The second-order valence-electron chi connectivity index (χ2n) is 4.75. The van der Waals surface area contributed by atoms with Gasteiger partial charge in [-0.25, -0.2) is 4.98 Å². The van der Waals surface area contributed by atoms with Gasteiger partial charge in [0.25, 0.3) is 0 Å². The second kappa shape index (κ2) is 5.87. The number of ether oxygens (including phenoxy) is 2. The zero-order valence-corrected chi connectivity index (χ0v) is 12.9. The number of aromatic nitrogens is 4. The lowest BCUT2D eigenvalue weighted by molar-refractivity contribution is -0.125. The van der Waals surface area contributed by atoms with Gasteiger partial charge in [-0.05, 0) is 12.2 Å². The lowest BCUT2D eigenvalue weighted by Crippen LogP contribution is -2.16. The molecule has 11 nitrogen and oxygen atoms in total. The van der Waals surface area contributed by atoms with Gasteiger partial charge in [-0.3, -0.25) is 9.13 Å². The molecule has 0 bridgehead atoms. The van der Waals surface area contributed by atoms with E-state index in [-0.39, 0.29) is 5.82 Å². The minimum Gasteiger partial charge on any atom is -0.382 e. The number of nitrogens with zero attached hydrogens (tertiary/aromatic N) is 4. The van der Waals surface area contributed by atoms with Crippen LogP contribution in [0.1, 0.15) is 6.23 Å². The Morgan fingerprint density at radius 1 is 1.48 bits per heavy atom. The molecule has 0 fully saturated rings. The summed E-state index contributed by atoms with van der Waals surface area (Å²) in [5, 5.41) is 2.80. The average molecular weight is 342 g/mol. The number of nitrogen functional groups attached to an aromatic ring is 1. The maximum atomic E-state index is 10.8. The molecule has 12 heteroatoms. The number of nitrogens with two attached hydrogens (primary N) is 1. The fourth-order valence-electron chi connectivity index (χ4n) is 2.07. The van der Waals surface area contributed by atoms with Gasteiger partial charge in [-0.15, -0.1) is 0 Å². The van der Waals surface area contributed by atoms with Gasteiger partial charge in [0.2, 0.25) is 5.95 Å². The highest BCUT2D eigenvalue weighted by atomic mass is 31.2. The van der Waals surface area contributed by atoms with Crippen LogP contribution in [-0.2, 0) is 14.0 Å². The Labute approximate surface area is 130 Å². The van der Waals surface area contributed by atoms with Crippen LogP contribution >= 0.6 is 7.60 Å². The van der Waals surface area contributed by atoms with E-state index in [2.05, 4.69) is 20.3 Å². The zero-order valence-electron chi connectivity index (χ0n) is 12.0. The highest BCUT2D eigenvalue weighted by Crippen LogP contribution is 2.36. The molecule has 0 aliphatic carbocycles. The van der Waals surface area contributed by atoms with Crippen LogP contribution in [0.4, 0.5) is 11.8 Å². The summed E-state index contributed by atoms with van der Waals surface area (Å²) in [5.74, 6) is 0.572. The van der Waals surface area contributed by atoms with Gasteiger partial charge in [0, 0.05) is 7.05 Å². The van der Waals surface area contributed by atoms with Crippen molar-refractivity contribution in [2.45, 2.75) is 12.5 Å². The molecule has 3 heterocycles. The van der Waals surface area contributed by atoms with Crippen LogP contribution in [0.3, 0.4) is 0 Å². The van der Waals surface area contributed by atoms with Crippen molar-refractivity contribution < 1.29 is 23.8 Å². The van der Waals surface area contributed by atoms with Gasteiger partial charge in [0.15, 0.2) is 30.3 Å². The minimum absolute atomic E-state index is 0.231. The summed E-state index contributed by atoms with van der Waals surface area (Å²) >= 11 is 0. The number of nitrogens with one attached hydrogen (secondary N) is 1. The van der Waals surface area contributed by atoms with Crippen molar-refractivity contribution >= 4 is 30.5 Å². The Bertz CT molecular complexity index is 802. The summed E-state index contributed by atoms with van der Waals surface area (Å²) in [6, 6.07) is 0. The summed E-state index contributed by atoms with van der Waals surface area (Å²) in [4.78, 5) is 30.1. The summed E-state index contributed by atoms with van der Waals surface area (Å²) in [6.07, 6.45) is 2.54. The Kier molecular flexibility index (Phi) is 4.04. The van der Waals surface area contributed by atoms with Gasteiger partial charge < -0.3 is 30.3 Å². The smallest absolute Gasteiger partial charge is 0.351 e. The van der Waals surface area contributed by atoms with Crippen molar-refractivity contribution in [1.82, 2.24) is 19.5 Å². The summed E-state index contributed by atoms with van der Waals surface area (Å²) in [5.41, 5.74) is 6.73. The van der Waals surface area contributed by atoms with Crippen molar-refractivity contribution in [1.29, 1.82) is 0 Å².